The molecule has 7 heteroatoms. The number of piperidine rings is 2. The fourth-order valence-corrected chi connectivity index (χ4v) is 4.54. The quantitative estimate of drug-likeness (QED) is 0.773. The van der Waals surface area contributed by atoms with Crippen LogP contribution < -0.4 is 5.32 Å². The first-order chi connectivity index (χ1) is 15.1. The van der Waals surface area contributed by atoms with Gasteiger partial charge >= 0.3 is 0 Å². The summed E-state index contributed by atoms with van der Waals surface area (Å²) in [6.45, 7) is 10.0. The van der Waals surface area contributed by atoms with Crippen LogP contribution in [0.25, 0.3) is 0 Å². The summed E-state index contributed by atoms with van der Waals surface area (Å²) < 4.78 is 13.7. The highest BCUT2D eigenvalue weighted by Crippen LogP contribution is 2.26. The molecule has 2 aliphatic rings. The highest BCUT2D eigenvalue weighted by atomic mass is 19.1. The van der Waals surface area contributed by atoms with Gasteiger partial charge < -0.3 is 15.1 Å². The molecule has 0 bridgehead atoms. The zero-order valence-electron chi connectivity index (χ0n) is 19.7. The molecule has 1 aromatic rings. The van der Waals surface area contributed by atoms with Crippen molar-refractivity contribution < 1.29 is 18.8 Å². The maximum Gasteiger partial charge on any atom is 0.227 e. The molecule has 32 heavy (non-hydrogen) atoms. The van der Waals surface area contributed by atoms with E-state index in [-0.39, 0.29) is 35.4 Å². The molecule has 0 spiro atoms. The Morgan fingerprint density at radius 2 is 1.72 bits per heavy atom. The van der Waals surface area contributed by atoms with E-state index in [4.69, 9.17) is 0 Å². The van der Waals surface area contributed by atoms with E-state index in [2.05, 4.69) is 5.32 Å². The highest BCUT2D eigenvalue weighted by Gasteiger charge is 2.36. The summed E-state index contributed by atoms with van der Waals surface area (Å²) in [7, 11) is 0. The van der Waals surface area contributed by atoms with Crippen LogP contribution in [0.2, 0.25) is 0 Å². The predicted molar refractivity (Wildman–Crippen MR) is 121 cm³/mol. The second-order valence-electron chi connectivity index (χ2n) is 10.2. The normalized spacial score (nSPS) is 20.2. The summed E-state index contributed by atoms with van der Waals surface area (Å²) in [4.78, 5) is 41.9. The fraction of sp³-hybridized carbons (Fsp3) is 0.640. The van der Waals surface area contributed by atoms with Gasteiger partial charge in [-0.3, -0.25) is 14.4 Å². The number of hydrogen-bond acceptors (Lipinski definition) is 3. The van der Waals surface area contributed by atoms with E-state index in [1.54, 1.807) is 13.0 Å². The first kappa shape index (κ1) is 24.2. The second kappa shape index (κ2) is 10.0. The summed E-state index contributed by atoms with van der Waals surface area (Å²) in [6.07, 6.45) is 2.89. The number of rotatable bonds is 4. The van der Waals surface area contributed by atoms with Gasteiger partial charge in [0.2, 0.25) is 17.7 Å². The summed E-state index contributed by atoms with van der Waals surface area (Å²) in [5, 5.41) is 2.90. The molecule has 176 valence electrons. The number of hydrogen-bond donors (Lipinski definition) is 1. The Kier molecular flexibility index (Phi) is 7.57. The van der Waals surface area contributed by atoms with Crippen molar-refractivity contribution in [3.63, 3.8) is 0 Å². The van der Waals surface area contributed by atoms with Gasteiger partial charge in [0.1, 0.15) is 5.82 Å². The van der Waals surface area contributed by atoms with Crippen LogP contribution in [0.3, 0.4) is 0 Å². The Balaban J connectivity index is 1.47. The minimum absolute atomic E-state index is 0.0438. The van der Waals surface area contributed by atoms with Gasteiger partial charge in [-0.1, -0.05) is 32.9 Å². The van der Waals surface area contributed by atoms with Crippen LogP contribution in [0, 0.1) is 30.0 Å². The van der Waals surface area contributed by atoms with Crippen molar-refractivity contribution in [2.24, 2.45) is 17.3 Å². The van der Waals surface area contributed by atoms with Crippen LogP contribution in [0.15, 0.2) is 18.2 Å². The first-order valence-electron chi connectivity index (χ1n) is 11.7. The maximum atomic E-state index is 13.7. The molecule has 1 aromatic carbocycles. The Labute approximate surface area is 190 Å². The van der Waals surface area contributed by atoms with Crippen LogP contribution >= 0.6 is 0 Å². The van der Waals surface area contributed by atoms with E-state index in [9.17, 15) is 18.8 Å². The van der Waals surface area contributed by atoms with Gasteiger partial charge in [-0.15, -0.1) is 0 Å². The van der Waals surface area contributed by atoms with Crippen molar-refractivity contribution >= 4 is 17.7 Å². The molecule has 6 nitrogen and oxygen atoms in total. The molecule has 0 aromatic heterocycles. The van der Waals surface area contributed by atoms with Crippen molar-refractivity contribution in [1.82, 2.24) is 15.1 Å². The third-order valence-corrected chi connectivity index (χ3v) is 6.58. The summed E-state index contributed by atoms with van der Waals surface area (Å²) in [5.41, 5.74) is 0.878. The van der Waals surface area contributed by atoms with E-state index < -0.39 is 5.41 Å². The largest absolute Gasteiger partial charge is 0.352 e. The van der Waals surface area contributed by atoms with Crippen LogP contribution in [-0.2, 0) is 20.9 Å². The topological polar surface area (TPSA) is 69.7 Å². The average Bonchev–Trinajstić information content (AvgIpc) is 2.78. The molecule has 2 fully saturated rings. The number of carbonyl (C=O) groups excluding carboxylic acids is 3. The van der Waals surface area contributed by atoms with Gasteiger partial charge in [0.15, 0.2) is 0 Å². The minimum Gasteiger partial charge on any atom is -0.352 e. The Hall–Kier alpha value is -2.44. The van der Waals surface area contributed by atoms with Gasteiger partial charge in [-0.05, 0) is 49.8 Å². The van der Waals surface area contributed by atoms with E-state index in [1.807, 2.05) is 36.6 Å². The molecule has 0 radical (unpaired) electrons. The van der Waals surface area contributed by atoms with Gasteiger partial charge in [0.25, 0.3) is 0 Å². The standard InChI is InChI=1S/C25H36FN3O3/c1-17-7-8-18(14-21(17)26)15-27-22(30)19-9-12-28(13-10-19)23(31)20-6-5-11-29(16-20)24(32)25(2,3)4/h7-8,14,19-20H,5-6,9-13,15-16H2,1-4H3,(H,27,30). The van der Waals surface area contributed by atoms with Crippen LogP contribution in [0.4, 0.5) is 4.39 Å². The smallest absolute Gasteiger partial charge is 0.227 e. The van der Waals surface area contributed by atoms with Gasteiger partial charge in [0.05, 0.1) is 5.92 Å². The summed E-state index contributed by atoms with van der Waals surface area (Å²) in [5.74, 6) is -0.410. The molecular formula is C25H36FN3O3. The third kappa shape index (κ3) is 5.87. The molecule has 1 atom stereocenters. The number of halogens is 1. The van der Waals surface area contributed by atoms with Crippen molar-refractivity contribution in [3.8, 4) is 0 Å². The highest BCUT2D eigenvalue weighted by molar-refractivity contribution is 5.84. The number of nitrogens with one attached hydrogen (secondary N) is 1. The van der Waals surface area contributed by atoms with E-state index >= 15 is 0 Å². The summed E-state index contributed by atoms with van der Waals surface area (Å²) in [6, 6.07) is 4.98. The van der Waals surface area contributed by atoms with Gasteiger partial charge in [-0.25, -0.2) is 4.39 Å². The molecular weight excluding hydrogens is 409 g/mol. The first-order valence-corrected chi connectivity index (χ1v) is 11.7. The van der Waals surface area contributed by atoms with Crippen LogP contribution in [-0.4, -0.2) is 53.7 Å². The number of aryl methyl sites for hydroxylation is 1. The molecule has 0 saturated carbocycles. The molecule has 0 aliphatic carbocycles. The van der Waals surface area contributed by atoms with Gasteiger partial charge in [0, 0.05) is 44.1 Å². The fourth-order valence-electron chi connectivity index (χ4n) is 4.54. The average molecular weight is 446 g/mol. The van der Waals surface area contributed by atoms with E-state index in [1.165, 1.54) is 6.07 Å². The van der Waals surface area contributed by atoms with E-state index in [0.717, 1.165) is 18.4 Å². The lowest BCUT2D eigenvalue weighted by Crippen LogP contribution is -2.51. The predicted octanol–water partition coefficient (Wildman–Crippen LogP) is 3.27. The maximum absolute atomic E-state index is 13.7. The molecule has 3 rings (SSSR count). The minimum atomic E-state index is -0.443. The van der Waals surface area contributed by atoms with Crippen LogP contribution in [0.1, 0.15) is 57.6 Å². The second-order valence-corrected chi connectivity index (χ2v) is 10.2. The lowest BCUT2D eigenvalue weighted by atomic mass is 9.89. The van der Waals surface area contributed by atoms with Crippen molar-refractivity contribution in [3.05, 3.63) is 35.1 Å². The number of carbonyl (C=O) groups is 3. The molecule has 2 aliphatic heterocycles. The number of benzene rings is 1. The summed E-state index contributed by atoms with van der Waals surface area (Å²) >= 11 is 0. The number of amides is 3. The number of nitrogens with zero attached hydrogens (tertiary/aromatic N) is 2. The third-order valence-electron chi connectivity index (χ3n) is 6.58. The zero-order chi connectivity index (χ0) is 23.5. The van der Waals surface area contributed by atoms with Crippen molar-refractivity contribution in [2.45, 2.75) is 59.9 Å². The SMILES string of the molecule is Cc1ccc(CNC(=O)C2CCN(C(=O)C3CCCN(C(=O)C(C)(C)C)C3)CC2)cc1F. The lowest BCUT2D eigenvalue weighted by molar-refractivity contribution is -0.146. The molecule has 3 amide bonds. The van der Waals surface area contributed by atoms with Crippen molar-refractivity contribution in [1.29, 1.82) is 0 Å². The monoisotopic (exact) mass is 445 g/mol. The molecule has 2 heterocycles. The molecule has 1 unspecified atom stereocenters. The Morgan fingerprint density at radius 3 is 2.34 bits per heavy atom. The van der Waals surface area contributed by atoms with Gasteiger partial charge in [-0.2, -0.15) is 0 Å². The van der Waals surface area contributed by atoms with Crippen LogP contribution in [0.5, 0.6) is 0 Å². The zero-order valence-corrected chi connectivity index (χ0v) is 19.7. The number of likely N-dealkylation sites (tertiary alicyclic amines) is 2. The Bertz CT molecular complexity index is 856. The lowest BCUT2D eigenvalue weighted by Gasteiger charge is -2.39. The molecule has 1 N–H and O–H groups in total. The van der Waals surface area contributed by atoms with Crippen molar-refractivity contribution in [2.75, 3.05) is 26.2 Å². The van der Waals surface area contributed by atoms with E-state index in [0.29, 0.717) is 51.1 Å². The Morgan fingerprint density at radius 1 is 1.03 bits per heavy atom. The molecule has 2 saturated heterocycles.